The van der Waals surface area contributed by atoms with Gasteiger partial charge < -0.3 is 5.32 Å². The Balaban J connectivity index is 2.03. The minimum atomic E-state index is -4.08. The van der Waals surface area contributed by atoms with Crippen LogP contribution >= 0.6 is 11.3 Å². The van der Waals surface area contributed by atoms with Crippen molar-refractivity contribution in [3.63, 3.8) is 0 Å². The Morgan fingerprint density at radius 2 is 2.20 bits per heavy atom. The number of hydrazine groups is 1. The van der Waals surface area contributed by atoms with Gasteiger partial charge in [-0.05, 0) is 12.5 Å². The first-order valence-corrected chi connectivity index (χ1v) is 9.24. The number of hydrogen-bond acceptors (Lipinski definition) is 9. The lowest BCUT2D eigenvalue weighted by molar-refractivity contribution is -0.120. The van der Waals surface area contributed by atoms with Gasteiger partial charge in [-0.3, -0.25) is 15.0 Å². The molecule has 0 radical (unpaired) electrons. The molecule has 0 bridgehead atoms. The van der Waals surface area contributed by atoms with E-state index in [0.717, 1.165) is 15.6 Å². The summed E-state index contributed by atoms with van der Waals surface area (Å²) in [5.74, 6) is 4.15. The monoisotopic (exact) mass is 383 g/mol. The fourth-order valence-corrected chi connectivity index (χ4v) is 4.62. The summed E-state index contributed by atoms with van der Waals surface area (Å²) >= 11 is 0.847. The average molecular weight is 383 g/mol. The van der Waals surface area contributed by atoms with Crippen LogP contribution in [0.25, 0.3) is 0 Å². The highest BCUT2D eigenvalue weighted by Crippen LogP contribution is 2.32. The number of aromatic nitrogens is 2. The summed E-state index contributed by atoms with van der Waals surface area (Å²) in [5, 5.41) is 9.58. The summed E-state index contributed by atoms with van der Waals surface area (Å²) < 4.78 is 26.5. The van der Waals surface area contributed by atoms with Crippen molar-refractivity contribution in [3.05, 3.63) is 28.9 Å². The summed E-state index contributed by atoms with van der Waals surface area (Å²) in [5.41, 5.74) is 4.12. The smallest absolute Gasteiger partial charge is 0.296 e. The maximum absolute atomic E-state index is 12.9. The molecule has 0 fully saturated rings. The van der Waals surface area contributed by atoms with Crippen molar-refractivity contribution in [1.29, 1.82) is 0 Å². The van der Waals surface area contributed by atoms with Gasteiger partial charge in [0.15, 0.2) is 0 Å². The van der Waals surface area contributed by atoms with Crippen LogP contribution in [0, 0.1) is 0 Å². The van der Waals surface area contributed by atoms with Crippen LogP contribution in [0.4, 0.5) is 0 Å². The summed E-state index contributed by atoms with van der Waals surface area (Å²) in [6.45, 7) is 1.25. The van der Waals surface area contributed by atoms with Crippen molar-refractivity contribution in [2.75, 3.05) is 0 Å². The molecule has 4 N–H and O–H groups in total. The maximum Gasteiger partial charge on any atom is 0.296 e. The van der Waals surface area contributed by atoms with Crippen LogP contribution in [0.3, 0.4) is 0 Å². The Bertz CT molecular complexity index is 917. The number of fused-ring (bicyclic) bond motifs is 1. The maximum atomic E-state index is 12.9. The predicted molar refractivity (Wildman–Crippen MR) is 87.1 cm³/mol. The predicted octanol–water partition coefficient (Wildman–Crippen LogP) is -1.39. The molecule has 1 atom stereocenters. The van der Waals surface area contributed by atoms with Crippen LogP contribution in [0.2, 0.25) is 0 Å². The van der Waals surface area contributed by atoms with Gasteiger partial charge in [-0.15, -0.1) is 10.2 Å². The van der Waals surface area contributed by atoms with Gasteiger partial charge in [0.25, 0.3) is 20.3 Å². The Hall–Kier alpha value is -2.64. The van der Waals surface area contributed by atoms with Crippen molar-refractivity contribution >= 4 is 38.9 Å². The van der Waals surface area contributed by atoms with E-state index in [9.17, 15) is 18.0 Å². The topological polar surface area (TPSA) is 160 Å². The van der Waals surface area contributed by atoms with E-state index >= 15 is 0 Å². The van der Waals surface area contributed by atoms with Crippen molar-refractivity contribution in [3.8, 4) is 0 Å². The highest BCUT2D eigenvalue weighted by Gasteiger charge is 2.42. The SMILES string of the molecule is CC(=O)NC1N=C2C=C(C(=O)NN)CC=C2N1S(=O)(=O)c1nncs1. The van der Waals surface area contributed by atoms with Crippen LogP contribution in [-0.4, -0.2) is 46.7 Å². The number of carbonyl (C=O) groups is 2. The van der Waals surface area contributed by atoms with E-state index in [0.29, 0.717) is 5.57 Å². The number of carbonyl (C=O) groups excluding carboxylic acids is 2. The Kier molecular flexibility index (Phi) is 4.36. The van der Waals surface area contributed by atoms with Crippen LogP contribution < -0.4 is 16.6 Å². The van der Waals surface area contributed by atoms with E-state index in [1.165, 1.54) is 24.6 Å². The van der Waals surface area contributed by atoms with Gasteiger partial charge >= 0.3 is 0 Å². The van der Waals surface area contributed by atoms with Crippen LogP contribution in [0.15, 0.2) is 38.3 Å². The first-order valence-electron chi connectivity index (χ1n) is 6.92. The van der Waals surface area contributed by atoms with Gasteiger partial charge in [-0.1, -0.05) is 17.4 Å². The zero-order chi connectivity index (χ0) is 18.2. The lowest BCUT2D eigenvalue weighted by Crippen LogP contribution is -2.46. The fraction of sp³-hybridized carbons (Fsp3) is 0.250. The van der Waals surface area contributed by atoms with E-state index in [1.54, 1.807) is 0 Å². The minimum absolute atomic E-state index is 0.159. The largest absolute Gasteiger partial charge is 0.317 e. The Morgan fingerprint density at radius 3 is 2.80 bits per heavy atom. The van der Waals surface area contributed by atoms with Crippen LogP contribution in [0.1, 0.15) is 13.3 Å². The third-order valence-corrected chi connectivity index (χ3v) is 6.23. The second kappa shape index (κ2) is 6.34. The van der Waals surface area contributed by atoms with E-state index in [2.05, 4.69) is 20.5 Å². The quantitative estimate of drug-likeness (QED) is 0.328. The van der Waals surface area contributed by atoms with Crippen LogP contribution in [-0.2, 0) is 19.6 Å². The molecule has 3 rings (SSSR count). The number of nitrogens with two attached hydrogens (primary N) is 1. The van der Waals surface area contributed by atoms with Gasteiger partial charge in [-0.2, -0.15) is 8.42 Å². The number of nitrogens with one attached hydrogen (secondary N) is 2. The molecule has 0 saturated heterocycles. The summed E-state index contributed by atoms with van der Waals surface area (Å²) in [7, 11) is -4.08. The molecule has 0 spiro atoms. The molecule has 1 aromatic rings. The lowest BCUT2D eigenvalue weighted by atomic mass is 10.0. The summed E-state index contributed by atoms with van der Waals surface area (Å²) in [6.07, 6.45) is 1.95. The number of allylic oxidation sites excluding steroid dienone is 2. The molecule has 1 aliphatic heterocycles. The molecular weight excluding hydrogens is 370 g/mol. The molecular formula is C12H13N7O4S2. The normalized spacial score (nSPS) is 19.5. The molecule has 25 heavy (non-hydrogen) atoms. The van der Waals surface area contributed by atoms with Gasteiger partial charge in [-0.25, -0.2) is 15.1 Å². The third-order valence-electron chi connectivity index (χ3n) is 3.38. The number of hydrogen-bond donors (Lipinski definition) is 3. The number of amides is 2. The number of rotatable bonds is 4. The molecule has 1 unspecified atom stereocenters. The zero-order valence-electron chi connectivity index (χ0n) is 12.8. The minimum Gasteiger partial charge on any atom is -0.317 e. The number of aliphatic imine (C=N–C) groups is 1. The number of sulfonamides is 1. The average Bonchev–Trinajstić information content (AvgIpc) is 3.20. The second-order valence-corrected chi connectivity index (χ2v) is 7.85. The summed E-state index contributed by atoms with van der Waals surface area (Å²) in [4.78, 5) is 27.3. The van der Waals surface area contributed by atoms with Gasteiger partial charge in [0.05, 0.1) is 11.4 Å². The third kappa shape index (κ3) is 3.04. The molecule has 0 aromatic carbocycles. The van der Waals surface area contributed by atoms with E-state index < -0.39 is 28.1 Å². The molecule has 1 aromatic heterocycles. The molecule has 11 nitrogen and oxygen atoms in total. The first kappa shape index (κ1) is 17.2. The van der Waals surface area contributed by atoms with E-state index in [-0.39, 0.29) is 22.2 Å². The van der Waals surface area contributed by atoms with E-state index in [1.807, 2.05) is 5.43 Å². The highest BCUT2D eigenvalue weighted by atomic mass is 32.2. The lowest BCUT2D eigenvalue weighted by Gasteiger charge is -2.25. The van der Waals surface area contributed by atoms with E-state index in [4.69, 9.17) is 5.84 Å². The fourth-order valence-electron chi connectivity index (χ4n) is 2.38. The van der Waals surface area contributed by atoms with Crippen molar-refractivity contribution in [2.24, 2.45) is 10.8 Å². The molecule has 0 saturated carbocycles. The number of nitrogens with zero attached hydrogens (tertiary/aromatic N) is 4. The van der Waals surface area contributed by atoms with Gasteiger partial charge in [0, 0.05) is 12.5 Å². The molecule has 2 heterocycles. The van der Waals surface area contributed by atoms with Crippen molar-refractivity contribution < 1.29 is 18.0 Å². The van der Waals surface area contributed by atoms with Crippen LogP contribution in [0.5, 0.6) is 0 Å². The highest BCUT2D eigenvalue weighted by molar-refractivity contribution is 7.91. The molecule has 132 valence electrons. The molecule has 13 heteroatoms. The Morgan fingerprint density at radius 1 is 1.44 bits per heavy atom. The van der Waals surface area contributed by atoms with Gasteiger partial charge in [0.1, 0.15) is 5.51 Å². The Labute approximate surface area is 146 Å². The van der Waals surface area contributed by atoms with Gasteiger partial charge in [0.2, 0.25) is 12.2 Å². The zero-order valence-corrected chi connectivity index (χ0v) is 14.5. The second-order valence-electron chi connectivity index (χ2n) is 5.03. The van der Waals surface area contributed by atoms with Crippen molar-refractivity contribution in [1.82, 2.24) is 25.2 Å². The van der Waals surface area contributed by atoms with Crippen molar-refractivity contribution in [2.45, 2.75) is 24.0 Å². The summed E-state index contributed by atoms with van der Waals surface area (Å²) in [6, 6.07) is 0. The first-order chi connectivity index (χ1) is 11.8. The molecule has 2 aliphatic rings. The molecule has 2 amide bonds. The molecule has 1 aliphatic carbocycles. The standard InChI is InChI=1S/C12H13N7O4S2/c1-6(20)15-11-16-8-4-7(10(21)17-13)2-3-9(8)19(11)25(22,23)12-18-14-5-24-12/h3-5,11H,2,13H2,1H3,(H,15,20)(H,17,21).